The van der Waals surface area contributed by atoms with Gasteiger partial charge in [0.15, 0.2) is 5.82 Å². The first-order valence-electron chi connectivity index (χ1n) is 8.94. The zero-order chi connectivity index (χ0) is 18.0. The fourth-order valence-electron chi connectivity index (χ4n) is 3.47. The Hall–Kier alpha value is -2.02. The maximum absolute atomic E-state index is 14.0. The van der Waals surface area contributed by atoms with E-state index in [1.807, 2.05) is 16.8 Å². The molecule has 1 aliphatic heterocycles. The largest absolute Gasteiger partial charge is 0.367 e. The molecule has 1 saturated heterocycles. The molecule has 0 bridgehead atoms. The molecule has 1 fully saturated rings. The van der Waals surface area contributed by atoms with Gasteiger partial charge in [-0.05, 0) is 49.8 Å². The SMILES string of the molecule is CC[C@@H](c1nnnn1C(C)(C)C)N1CCN(c2ccccc2F)CC1. The van der Waals surface area contributed by atoms with Gasteiger partial charge in [0.25, 0.3) is 0 Å². The van der Waals surface area contributed by atoms with Crippen molar-refractivity contribution in [3.8, 4) is 0 Å². The number of para-hydroxylation sites is 1. The topological polar surface area (TPSA) is 50.1 Å². The van der Waals surface area contributed by atoms with Crippen molar-refractivity contribution in [3.05, 3.63) is 35.9 Å². The minimum absolute atomic E-state index is 0.152. The van der Waals surface area contributed by atoms with Gasteiger partial charge in [-0.3, -0.25) is 4.90 Å². The minimum Gasteiger partial charge on any atom is -0.367 e. The lowest BCUT2D eigenvalue weighted by molar-refractivity contribution is 0.161. The summed E-state index contributed by atoms with van der Waals surface area (Å²) in [6, 6.07) is 7.17. The number of hydrogen-bond acceptors (Lipinski definition) is 5. The Morgan fingerprint density at radius 3 is 2.40 bits per heavy atom. The van der Waals surface area contributed by atoms with Crippen LogP contribution in [-0.2, 0) is 5.54 Å². The molecule has 0 unspecified atom stereocenters. The molecule has 0 spiro atoms. The van der Waals surface area contributed by atoms with Crippen molar-refractivity contribution in [1.82, 2.24) is 25.1 Å². The van der Waals surface area contributed by atoms with Crippen LogP contribution < -0.4 is 4.90 Å². The van der Waals surface area contributed by atoms with E-state index in [-0.39, 0.29) is 17.4 Å². The molecule has 3 rings (SSSR count). The number of halogens is 1. The van der Waals surface area contributed by atoms with Gasteiger partial charge in [-0.2, -0.15) is 0 Å². The van der Waals surface area contributed by atoms with Gasteiger partial charge in [0.05, 0.1) is 17.3 Å². The number of anilines is 1. The molecule has 7 heteroatoms. The van der Waals surface area contributed by atoms with E-state index in [0.717, 1.165) is 38.4 Å². The van der Waals surface area contributed by atoms with Crippen LogP contribution in [0.2, 0.25) is 0 Å². The second-order valence-corrected chi connectivity index (χ2v) is 7.52. The van der Waals surface area contributed by atoms with Gasteiger partial charge in [0.1, 0.15) is 5.82 Å². The molecule has 1 atom stereocenters. The molecule has 1 aromatic heterocycles. The van der Waals surface area contributed by atoms with Crippen molar-refractivity contribution in [2.75, 3.05) is 31.1 Å². The standard InChI is InChI=1S/C18H27FN6/c1-5-15(17-20-21-22-25(17)18(2,3)4)23-10-12-24(13-11-23)16-9-7-6-8-14(16)19/h6-9,15H,5,10-13H2,1-4H3/t15-/m0/s1. The molecule has 2 heterocycles. The summed E-state index contributed by atoms with van der Waals surface area (Å²) >= 11 is 0. The molecule has 0 N–H and O–H groups in total. The van der Waals surface area contributed by atoms with E-state index in [2.05, 4.69) is 53.0 Å². The van der Waals surface area contributed by atoms with Crippen LogP contribution in [0.3, 0.4) is 0 Å². The highest BCUT2D eigenvalue weighted by Crippen LogP contribution is 2.28. The second-order valence-electron chi connectivity index (χ2n) is 7.52. The highest BCUT2D eigenvalue weighted by atomic mass is 19.1. The molecule has 2 aromatic rings. The summed E-state index contributed by atoms with van der Waals surface area (Å²) < 4.78 is 15.9. The maximum atomic E-state index is 14.0. The van der Waals surface area contributed by atoms with E-state index >= 15 is 0 Å². The van der Waals surface area contributed by atoms with E-state index in [9.17, 15) is 4.39 Å². The maximum Gasteiger partial charge on any atom is 0.168 e. The zero-order valence-electron chi connectivity index (χ0n) is 15.5. The smallest absolute Gasteiger partial charge is 0.168 e. The molecular weight excluding hydrogens is 319 g/mol. The summed E-state index contributed by atoms with van der Waals surface area (Å²) in [7, 11) is 0. The van der Waals surface area contributed by atoms with Crippen LogP contribution in [0.15, 0.2) is 24.3 Å². The van der Waals surface area contributed by atoms with Crippen molar-refractivity contribution in [1.29, 1.82) is 0 Å². The van der Waals surface area contributed by atoms with E-state index < -0.39 is 0 Å². The Bertz CT molecular complexity index is 700. The predicted octanol–water partition coefficient (Wildman–Crippen LogP) is 2.84. The van der Waals surface area contributed by atoms with Gasteiger partial charge < -0.3 is 4.90 Å². The first kappa shape index (κ1) is 17.8. The Morgan fingerprint density at radius 1 is 1.12 bits per heavy atom. The van der Waals surface area contributed by atoms with Gasteiger partial charge >= 0.3 is 0 Å². The fraction of sp³-hybridized carbons (Fsp3) is 0.611. The number of rotatable bonds is 4. The molecule has 25 heavy (non-hydrogen) atoms. The minimum atomic E-state index is -0.153. The number of benzene rings is 1. The number of hydrogen-bond donors (Lipinski definition) is 0. The average Bonchev–Trinajstić information content (AvgIpc) is 3.07. The third kappa shape index (κ3) is 3.66. The van der Waals surface area contributed by atoms with Crippen LogP contribution in [0, 0.1) is 5.82 Å². The molecule has 0 saturated carbocycles. The van der Waals surface area contributed by atoms with Crippen LogP contribution in [0.1, 0.15) is 46.0 Å². The molecule has 0 amide bonds. The van der Waals surface area contributed by atoms with E-state index in [4.69, 9.17) is 0 Å². The van der Waals surface area contributed by atoms with Crippen molar-refractivity contribution < 1.29 is 4.39 Å². The van der Waals surface area contributed by atoms with Crippen LogP contribution in [-0.4, -0.2) is 51.3 Å². The quantitative estimate of drug-likeness (QED) is 0.852. The molecule has 0 aliphatic carbocycles. The van der Waals surface area contributed by atoms with Crippen LogP contribution >= 0.6 is 0 Å². The third-order valence-electron chi connectivity index (χ3n) is 4.76. The van der Waals surface area contributed by atoms with Crippen LogP contribution in [0.25, 0.3) is 0 Å². The lowest BCUT2D eigenvalue weighted by Crippen LogP contribution is -2.48. The number of nitrogens with zero attached hydrogens (tertiary/aromatic N) is 6. The first-order chi connectivity index (χ1) is 11.9. The highest BCUT2D eigenvalue weighted by Gasteiger charge is 2.31. The first-order valence-corrected chi connectivity index (χ1v) is 8.94. The summed E-state index contributed by atoms with van der Waals surface area (Å²) in [6.07, 6.45) is 0.941. The summed E-state index contributed by atoms with van der Waals surface area (Å²) in [5.74, 6) is 0.758. The van der Waals surface area contributed by atoms with Gasteiger partial charge in [-0.1, -0.05) is 19.1 Å². The molecule has 0 radical (unpaired) electrons. The Morgan fingerprint density at radius 2 is 1.80 bits per heavy atom. The van der Waals surface area contributed by atoms with Gasteiger partial charge in [0.2, 0.25) is 0 Å². The number of aromatic nitrogens is 4. The zero-order valence-corrected chi connectivity index (χ0v) is 15.5. The summed E-state index contributed by atoms with van der Waals surface area (Å²) in [4.78, 5) is 4.52. The molecular formula is C18H27FN6. The Kier molecular flexibility index (Phi) is 5.03. The average molecular weight is 346 g/mol. The van der Waals surface area contributed by atoms with Crippen LogP contribution in [0.5, 0.6) is 0 Å². The Balaban J connectivity index is 1.73. The van der Waals surface area contributed by atoms with Crippen molar-refractivity contribution in [2.24, 2.45) is 0 Å². The summed E-state index contributed by atoms with van der Waals surface area (Å²) in [6.45, 7) is 11.8. The van der Waals surface area contributed by atoms with Crippen molar-refractivity contribution in [2.45, 2.75) is 45.7 Å². The third-order valence-corrected chi connectivity index (χ3v) is 4.76. The van der Waals surface area contributed by atoms with E-state index in [1.165, 1.54) is 6.07 Å². The van der Waals surface area contributed by atoms with Gasteiger partial charge in [0, 0.05) is 26.2 Å². The van der Waals surface area contributed by atoms with Crippen molar-refractivity contribution >= 4 is 5.69 Å². The molecule has 6 nitrogen and oxygen atoms in total. The van der Waals surface area contributed by atoms with Gasteiger partial charge in [-0.25, -0.2) is 9.07 Å². The number of tetrazole rings is 1. The molecule has 136 valence electrons. The summed E-state index contributed by atoms with van der Waals surface area (Å²) in [5, 5.41) is 12.4. The molecule has 1 aliphatic rings. The van der Waals surface area contributed by atoms with Crippen molar-refractivity contribution in [3.63, 3.8) is 0 Å². The Labute approximate surface area is 148 Å². The highest BCUT2D eigenvalue weighted by molar-refractivity contribution is 5.48. The number of piperazine rings is 1. The lowest BCUT2D eigenvalue weighted by Gasteiger charge is -2.40. The fourth-order valence-corrected chi connectivity index (χ4v) is 3.47. The summed E-state index contributed by atoms with van der Waals surface area (Å²) in [5.41, 5.74) is 0.538. The second kappa shape index (κ2) is 7.07. The molecule has 1 aromatic carbocycles. The monoisotopic (exact) mass is 346 g/mol. The van der Waals surface area contributed by atoms with E-state index in [0.29, 0.717) is 5.69 Å². The lowest BCUT2D eigenvalue weighted by atomic mass is 10.1. The van der Waals surface area contributed by atoms with Gasteiger partial charge in [-0.15, -0.1) is 5.10 Å². The predicted molar refractivity (Wildman–Crippen MR) is 96.0 cm³/mol. The normalized spacial score (nSPS) is 17.7. The van der Waals surface area contributed by atoms with E-state index in [1.54, 1.807) is 6.07 Å². The van der Waals surface area contributed by atoms with Crippen LogP contribution in [0.4, 0.5) is 10.1 Å².